The van der Waals surface area contributed by atoms with Gasteiger partial charge in [-0.1, -0.05) is 12.1 Å². The van der Waals surface area contributed by atoms with Crippen molar-refractivity contribution < 1.29 is 14.0 Å². The molecule has 0 spiro atoms. The first-order valence-electron chi connectivity index (χ1n) is 9.25. The third kappa shape index (κ3) is 5.35. The van der Waals surface area contributed by atoms with Crippen LogP contribution < -0.4 is 0 Å². The van der Waals surface area contributed by atoms with Crippen LogP contribution in [0, 0.1) is 5.82 Å². The summed E-state index contributed by atoms with van der Waals surface area (Å²) in [5, 5.41) is 0. The van der Waals surface area contributed by atoms with Gasteiger partial charge in [0.2, 0.25) is 5.91 Å². The number of Topliss-reactive ketones (excluding diaryl/α,β-unsaturated/α-hetero) is 1. The molecule has 26 heavy (non-hydrogen) atoms. The van der Waals surface area contributed by atoms with Gasteiger partial charge in [0.1, 0.15) is 5.82 Å². The fourth-order valence-electron chi connectivity index (χ4n) is 3.52. The lowest BCUT2D eigenvalue weighted by molar-refractivity contribution is -0.135. The van der Waals surface area contributed by atoms with Crippen molar-refractivity contribution in [1.29, 1.82) is 0 Å². The van der Waals surface area contributed by atoms with Crippen molar-refractivity contribution in [3.8, 4) is 0 Å². The van der Waals surface area contributed by atoms with Crippen LogP contribution in [0.25, 0.3) is 0 Å². The molecule has 1 saturated heterocycles. The number of likely N-dealkylation sites (N-methyl/N-ethyl adjacent to an activating group) is 1. The van der Waals surface area contributed by atoms with E-state index in [4.69, 9.17) is 0 Å². The van der Waals surface area contributed by atoms with Gasteiger partial charge in [-0.2, -0.15) is 0 Å². The lowest BCUT2D eigenvalue weighted by atomic mass is 10.0. The first-order valence-corrected chi connectivity index (χ1v) is 9.25. The van der Waals surface area contributed by atoms with Crippen molar-refractivity contribution >= 4 is 11.7 Å². The summed E-state index contributed by atoms with van der Waals surface area (Å²) >= 11 is 0. The number of amides is 1. The van der Waals surface area contributed by atoms with E-state index in [0.29, 0.717) is 13.1 Å². The van der Waals surface area contributed by atoms with Gasteiger partial charge in [-0.3, -0.25) is 14.5 Å². The molecule has 2 rings (SSSR count). The largest absolute Gasteiger partial charge is 0.340 e. The van der Waals surface area contributed by atoms with Crippen molar-refractivity contribution in [2.24, 2.45) is 0 Å². The van der Waals surface area contributed by atoms with Crippen LogP contribution in [0.4, 0.5) is 4.39 Å². The molecule has 5 nitrogen and oxygen atoms in total. The molecule has 0 radical (unpaired) electrons. The smallest absolute Gasteiger partial charge is 0.223 e. The summed E-state index contributed by atoms with van der Waals surface area (Å²) in [5.41, 5.74) is 0.0653. The molecule has 1 heterocycles. The topological polar surface area (TPSA) is 43.9 Å². The second-order valence-electron chi connectivity index (χ2n) is 7.44. The average Bonchev–Trinajstić information content (AvgIpc) is 2.58. The predicted octanol–water partition coefficient (Wildman–Crippen LogP) is 2.27. The molecule has 1 aromatic carbocycles. The van der Waals surface area contributed by atoms with Gasteiger partial charge in [0.15, 0.2) is 5.78 Å². The van der Waals surface area contributed by atoms with E-state index in [9.17, 15) is 14.0 Å². The fraction of sp³-hybridized carbons (Fsp3) is 0.600. The lowest BCUT2D eigenvalue weighted by Gasteiger charge is -2.44. The monoisotopic (exact) mass is 363 g/mol. The maximum atomic E-state index is 13.7. The van der Waals surface area contributed by atoms with Crippen LogP contribution in [0.5, 0.6) is 0 Å². The number of benzene rings is 1. The number of nitrogens with zero attached hydrogens (tertiary/aromatic N) is 3. The van der Waals surface area contributed by atoms with Gasteiger partial charge < -0.3 is 9.80 Å². The first-order chi connectivity index (χ1) is 12.3. The highest BCUT2D eigenvalue weighted by Crippen LogP contribution is 2.17. The minimum Gasteiger partial charge on any atom is -0.340 e. The highest BCUT2D eigenvalue weighted by atomic mass is 19.1. The average molecular weight is 363 g/mol. The van der Waals surface area contributed by atoms with E-state index in [1.165, 1.54) is 12.1 Å². The Morgan fingerprint density at radius 1 is 1.12 bits per heavy atom. The second kappa shape index (κ2) is 9.24. The maximum absolute atomic E-state index is 13.7. The van der Waals surface area contributed by atoms with E-state index < -0.39 is 5.82 Å². The Kier molecular flexibility index (Phi) is 7.29. The second-order valence-corrected chi connectivity index (χ2v) is 7.44. The lowest BCUT2D eigenvalue weighted by Crippen LogP contribution is -2.59. The minimum atomic E-state index is -0.526. The molecule has 0 bridgehead atoms. The Bertz CT molecular complexity index is 623. The number of piperazine rings is 1. The summed E-state index contributed by atoms with van der Waals surface area (Å²) in [4.78, 5) is 31.1. The molecule has 0 N–H and O–H groups in total. The van der Waals surface area contributed by atoms with E-state index in [2.05, 4.69) is 37.7 Å². The molecule has 2 unspecified atom stereocenters. The Labute approximate surface area is 155 Å². The number of halogens is 1. The van der Waals surface area contributed by atoms with Crippen LogP contribution in [-0.4, -0.2) is 78.7 Å². The van der Waals surface area contributed by atoms with Gasteiger partial charge in [0.25, 0.3) is 0 Å². The van der Waals surface area contributed by atoms with Crippen molar-refractivity contribution in [1.82, 2.24) is 14.7 Å². The SMILES string of the molecule is CC1CN(C(=O)CCC(=O)c2ccccc2F)CC(C)N1CCN(C)C. The molecule has 1 aliphatic rings. The molecular formula is C20H30FN3O2. The molecule has 2 atom stereocenters. The molecule has 0 aliphatic carbocycles. The Hall–Kier alpha value is -1.79. The summed E-state index contributed by atoms with van der Waals surface area (Å²) in [6.07, 6.45) is 0.174. The van der Waals surface area contributed by atoms with Gasteiger partial charge in [-0.15, -0.1) is 0 Å². The molecule has 0 saturated carbocycles. The van der Waals surface area contributed by atoms with Crippen molar-refractivity contribution in [2.75, 3.05) is 40.3 Å². The van der Waals surface area contributed by atoms with Crippen LogP contribution in [0.3, 0.4) is 0 Å². The molecule has 1 fully saturated rings. The number of carbonyl (C=O) groups excluding carboxylic acids is 2. The summed E-state index contributed by atoms with van der Waals surface area (Å²) in [7, 11) is 4.11. The zero-order valence-corrected chi connectivity index (χ0v) is 16.2. The summed E-state index contributed by atoms with van der Waals surface area (Å²) < 4.78 is 13.7. The quantitative estimate of drug-likeness (QED) is 0.697. The van der Waals surface area contributed by atoms with Crippen LogP contribution in [0.2, 0.25) is 0 Å². The van der Waals surface area contributed by atoms with E-state index in [-0.39, 0.29) is 42.2 Å². The van der Waals surface area contributed by atoms with Crippen LogP contribution in [0.15, 0.2) is 24.3 Å². The van der Waals surface area contributed by atoms with E-state index in [0.717, 1.165) is 13.1 Å². The van der Waals surface area contributed by atoms with E-state index in [1.54, 1.807) is 12.1 Å². The van der Waals surface area contributed by atoms with Crippen molar-refractivity contribution in [3.63, 3.8) is 0 Å². The van der Waals surface area contributed by atoms with Gasteiger partial charge >= 0.3 is 0 Å². The summed E-state index contributed by atoms with van der Waals surface area (Å²) in [6, 6.07) is 6.49. The Balaban J connectivity index is 1.87. The third-order valence-corrected chi connectivity index (χ3v) is 5.00. The molecule has 1 aliphatic heterocycles. The van der Waals surface area contributed by atoms with Gasteiger partial charge in [0, 0.05) is 51.1 Å². The molecule has 6 heteroatoms. The van der Waals surface area contributed by atoms with Gasteiger partial charge in [0.05, 0.1) is 5.56 Å². The van der Waals surface area contributed by atoms with Crippen molar-refractivity contribution in [3.05, 3.63) is 35.6 Å². The Morgan fingerprint density at radius 2 is 1.73 bits per heavy atom. The minimum absolute atomic E-state index is 0.0272. The zero-order valence-electron chi connectivity index (χ0n) is 16.2. The number of hydrogen-bond acceptors (Lipinski definition) is 4. The van der Waals surface area contributed by atoms with E-state index >= 15 is 0 Å². The van der Waals surface area contributed by atoms with Crippen LogP contribution >= 0.6 is 0 Å². The van der Waals surface area contributed by atoms with Crippen molar-refractivity contribution in [2.45, 2.75) is 38.8 Å². The number of rotatable bonds is 7. The molecular weight excluding hydrogens is 333 g/mol. The summed E-state index contributed by atoms with van der Waals surface area (Å²) in [5.74, 6) is -0.871. The number of carbonyl (C=O) groups is 2. The number of hydrogen-bond donors (Lipinski definition) is 0. The maximum Gasteiger partial charge on any atom is 0.223 e. The van der Waals surface area contributed by atoms with Crippen LogP contribution in [-0.2, 0) is 4.79 Å². The molecule has 1 amide bonds. The Morgan fingerprint density at radius 3 is 2.31 bits per heavy atom. The van der Waals surface area contributed by atoms with Gasteiger partial charge in [-0.05, 0) is 40.1 Å². The number of ketones is 1. The van der Waals surface area contributed by atoms with E-state index in [1.807, 2.05) is 4.90 Å². The first kappa shape index (κ1) is 20.5. The molecule has 0 aromatic heterocycles. The predicted molar refractivity (Wildman–Crippen MR) is 101 cm³/mol. The zero-order chi connectivity index (χ0) is 19.3. The fourth-order valence-corrected chi connectivity index (χ4v) is 3.52. The normalized spacial score (nSPS) is 21.2. The molecule has 144 valence electrons. The van der Waals surface area contributed by atoms with Gasteiger partial charge in [-0.25, -0.2) is 4.39 Å². The third-order valence-electron chi connectivity index (χ3n) is 5.00. The standard InChI is InChI=1S/C20H30FN3O2/c1-15-13-23(14-16(2)24(15)12-11-22(3)4)20(26)10-9-19(25)17-7-5-6-8-18(17)21/h5-8,15-16H,9-14H2,1-4H3. The van der Waals surface area contributed by atoms with Crippen LogP contribution in [0.1, 0.15) is 37.0 Å². The summed E-state index contributed by atoms with van der Waals surface area (Å²) in [6.45, 7) is 7.57. The highest BCUT2D eigenvalue weighted by Gasteiger charge is 2.31. The highest BCUT2D eigenvalue weighted by molar-refractivity contribution is 5.98. The molecule has 1 aromatic rings.